The molecule has 0 saturated carbocycles. The molecule has 0 amide bonds. The van der Waals surface area contributed by atoms with Gasteiger partial charge in [-0.25, -0.2) is 0 Å². The Morgan fingerprint density at radius 3 is 1.40 bits per heavy atom. The Bertz CT molecular complexity index is 915. The van der Waals surface area contributed by atoms with Crippen LogP contribution in [-0.4, -0.2) is 34.9 Å². The number of nitrogens with zero attached hydrogens (tertiary/aromatic N) is 4. The first-order valence-electron chi connectivity index (χ1n) is 9.35. The van der Waals surface area contributed by atoms with Crippen molar-refractivity contribution in [3.8, 4) is 0 Å². The van der Waals surface area contributed by atoms with Gasteiger partial charge in [-0.15, -0.1) is 10.2 Å². The van der Waals surface area contributed by atoms with E-state index < -0.39 is 0 Å². The third-order valence-electron chi connectivity index (χ3n) is 4.47. The van der Waals surface area contributed by atoms with Gasteiger partial charge in [-0.2, -0.15) is 10.2 Å². The van der Waals surface area contributed by atoms with Gasteiger partial charge < -0.3 is 22.9 Å². The van der Waals surface area contributed by atoms with Crippen LogP contribution < -0.4 is 22.9 Å². The Labute approximate surface area is 174 Å². The molecule has 0 atom stereocenters. The fourth-order valence-corrected chi connectivity index (χ4v) is 3.01. The maximum atomic E-state index is 13.1. The second-order valence-electron chi connectivity index (χ2n) is 6.88. The molecule has 158 valence electrons. The standard InChI is InChI=1S/C20H26N8O2/c1-11(25-27-19(21)22)7-9-15-16(10-8-12(2)26-28-20(23)24)18(30)14-6-4-3-5-13(14)17(15)29/h3-6H,7-10H2,1-2H3,(H4,21,22,27)(H4,23,24,28)/b25-11+,26-12+. The second-order valence-corrected chi connectivity index (χ2v) is 6.88. The zero-order valence-electron chi connectivity index (χ0n) is 17.1. The van der Waals surface area contributed by atoms with Crippen molar-refractivity contribution in [2.75, 3.05) is 0 Å². The predicted octanol–water partition coefficient (Wildman–Crippen LogP) is 1.22. The Hall–Kier alpha value is -3.82. The lowest BCUT2D eigenvalue weighted by atomic mass is 9.80. The van der Waals surface area contributed by atoms with Gasteiger partial charge in [-0.3, -0.25) is 9.59 Å². The van der Waals surface area contributed by atoms with Gasteiger partial charge in [0, 0.05) is 33.7 Å². The van der Waals surface area contributed by atoms with Gasteiger partial charge in [0.2, 0.25) is 11.9 Å². The van der Waals surface area contributed by atoms with Crippen LogP contribution in [0.5, 0.6) is 0 Å². The van der Waals surface area contributed by atoms with Crippen LogP contribution in [0.3, 0.4) is 0 Å². The van der Waals surface area contributed by atoms with Crippen LogP contribution >= 0.6 is 0 Å². The topological polar surface area (TPSA) is 188 Å². The van der Waals surface area contributed by atoms with Crippen LogP contribution in [0.1, 0.15) is 60.2 Å². The van der Waals surface area contributed by atoms with E-state index in [1.54, 1.807) is 38.1 Å². The zero-order valence-corrected chi connectivity index (χ0v) is 17.1. The largest absolute Gasteiger partial charge is 0.369 e. The summed E-state index contributed by atoms with van der Waals surface area (Å²) in [5.74, 6) is -0.618. The quantitative estimate of drug-likeness (QED) is 0.283. The molecule has 1 aliphatic rings. The Morgan fingerprint density at radius 1 is 0.700 bits per heavy atom. The molecule has 1 aliphatic carbocycles. The van der Waals surface area contributed by atoms with Gasteiger partial charge in [0.25, 0.3) is 0 Å². The first-order chi connectivity index (χ1) is 14.2. The third-order valence-corrected chi connectivity index (χ3v) is 4.47. The van der Waals surface area contributed by atoms with Gasteiger partial charge in [-0.1, -0.05) is 24.3 Å². The maximum absolute atomic E-state index is 13.1. The van der Waals surface area contributed by atoms with Crippen molar-refractivity contribution in [1.29, 1.82) is 0 Å². The summed E-state index contributed by atoms with van der Waals surface area (Å²) in [6.45, 7) is 3.50. The number of fused-ring (bicyclic) bond motifs is 1. The van der Waals surface area contributed by atoms with Crippen molar-refractivity contribution >= 4 is 34.9 Å². The molecule has 0 heterocycles. The second kappa shape index (κ2) is 10.1. The van der Waals surface area contributed by atoms with Gasteiger partial charge >= 0.3 is 0 Å². The highest BCUT2D eigenvalue weighted by Crippen LogP contribution is 2.31. The maximum Gasteiger partial charge on any atom is 0.211 e. The monoisotopic (exact) mass is 410 g/mol. The molecule has 10 nitrogen and oxygen atoms in total. The van der Waals surface area contributed by atoms with E-state index in [0.717, 1.165) is 0 Å². The zero-order chi connectivity index (χ0) is 22.3. The first-order valence-corrected chi connectivity index (χ1v) is 9.35. The molecule has 0 spiro atoms. The molecule has 10 heteroatoms. The average Bonchev–Trinajstić information content (AvgIpc) is 2.71. The van der Waals surface area contributed by atoms with Crippen molar-refractivity contribution < 1.29 is 9.59 Å². The molecule has 0 fully saturated rings. The van der Waals surface area contributed by atoms with Gasteiger partial charge in [0.15, 0.2) is 11.6 Å². The molecule has 30 heavy (non-hydrogen) atoms. The number of guanidine groups is 2. The van der Waals surface area contributed by atoms with Crippen LogP contribution in [-0.2, 0) is 0 Å². The predicted molar refractivity (Wildman–Crippen MR) is 118 cm³/mol. The first kappa shape index (κ1) is 22.5. The summed E-state index contributed by atoms with van der Waals surface area (Å²) >= 11 is 0. The lowest BCUT2D eigenvalue weighted by Gasteiger charge is -2.21. The molecule has 0 aromatic heterocycles. The fraction of sp³-hybridized carbons (Fsp3) is 0.300. The van der Waals surface area contributed by atoms with Gasteiger partial charge in [0.1, 0.15) is 0 Å². The number of hydrogen-bond acceptors (Lipinski definition) is 6. The minimum absolute atomic E-state index is 0.150. The minimum Gasteiger partial charge on any atom is -0.369 e. The summed E-state index contributed by atoms with van der Waals surface area (Å²) in [7, 11) is 0. The summed E-state index contributed by atoms with van der Waals surface area (Å²) in [5.41, 5.74) is 24.2. The molecule has 1 aromatic carbocycles. The van der Waals surface area contributed by atoms with E-state index in [4.69, 9.17) is 22.9 Å². The number of nitrogens with two attached hydrogens (primary N) is 4. The van der Waals surface area contributed by atoms with Crippen molar-refractivity contribution in [2.45, 2.75) is 39.5 Å². The van der Waals surface area contributed by atoms with Gasteiger partial charge in [-0.05, 0) is 39.5 Å². The highest BCUT2D eigenvalue weighted by Gasteiger charge is 2.31. The summed E-state index contributed by atoms with van der Waals surface area (Å²) in [6, 6.07) is 6.81. The van der Waals surface area contributed by atoms with Crippen molar-refractivity contribution in [1.82, 2.24) is 0 Å². The number of rotatable bonds is 8. The number of carbonyl (C=O) groups is 2. The average molecular weight is 410 g/mol. The Kier molecular flexibility index (Phi) is 7.56. The molecule has 1 aromatic rings. The molecule has 0 unspecified atom stereocenters. The van der Waals surface area contributed by atoms with Crippen LogP contribution in [0, 0.1) is 0 Å². The Morgan fingerprint density at radius 2 is 1.07 bits per heavy atom. The highest BCUT2D eigenvalue weighted by atomic mass is 16.1. The minimum atomic E-state index is -0.159. The van der Waals surface area contributed by atoms with E-state index in [9.17, 15) is 9.59 Å². The van der Waals surface area contributed by atoms with E-state index in [1.807, 2.05) is 0 Å². The van der Waals surface area contributed by atoms with E-state index in [0.29, 0.717) is 59.4 Å². The number of Topliss-reactive ketones (excluding diaryl/α,β-unsaturated/α-hetero) is 2. The molecule has 2 rings (SSSR count). The van der Waals surface area contributed by atoms with Crippen LogP contribution in [0.4, 0.5) is 0 Å². The normalized spacial score (nSPS) is 14.5. The summed E-state index contributed by atoms with van der Waals surface area (Å²) in [6.07, 6.45) is 1.54. The molecule has 0 saturated heterocycles. The molecular weight excluding hydrogens is 384 g/mol. The van der Waals surface area contributed by atoms with Crippen LogP contribution in [0.2, 0.25) is 0 Å². The number of benzene rings is 1. The molecule has 0 bridgehead atoms. The summed E-state index contributed by atoms with van der Waals surface area (Å²) in [5, 5.41) is 15.1. The molecule has 0 aliphatic heterocycles. The van der Waals surface area contributed by atoms with Gasteiger partial charge in [0.05, 0.1) is 0 Å². The summed E-state index contributed by atoms with van der Waals surface area (Å²) < 4.78 is 0. The molecular formula is C20H26N8O2. The number of ketones is 2. The smallest absolute Gasteiger partial charge is 0.211 e. The van der Waals surface area contributed by atoms with E-state index in [2.05, 4.69) is 20.4 Å². The van der Waals surface area contributed by atoms with E-state index in [-0.39, 0.29) is 23.5 Å². The molecule has 0 radical (unpaired) electrons. The number of allylic oxidation sites excluding steroid dienone is 2. The van der Waals surface area contributed by atoms with Crippen molar-refractivity contribution in [3.63, 3.8) is 0 Å². The Balaban J connectivity index is 2.34. The van der Waals surface area contributed by atoms with Crippen molar-refractivity contribution in [3.05, 3.63) is 46.5 Å². The number of hydrogen-bond donors (Lipinski definition) is 4. The SMILES string of the molecule is C/C(CCC1=C(CC/C(C)=N/N=C(N)N)C(=O)c2ccccc2C1=O)=N\N=C(N)N. The van der Waals surface area contributed by atoms with Crippen molar-refractivity contribution in [2.24, 2.45) is 43.3 Å². The van der Waals surface area contributed by atoms with E-state index in [1.165, 1.54) is 0 Å². The van der Waals surface area contributed by atoms with E-state index >= 15 is 0 Å². The third kappa shape index (κ3) is 5.84. The lowest BCUT2D eigenvalue weighted by molar-refractivity contribution is 0.0969. The fourth-order valence-electron chi connectivity index (χ4n) is 3.01. The lowest BCUT2D eigenvalue weighted by Crippen LogP contribution is -2.23. The summed E-state index contributed by atoms with van der Waals surface area (Å²) in [4.78, 5) is 26.2. The van der Waals surface area contributed by atoms with Crippen LogP contribution in [0.25, 0.3) is 0 Å². The highest BCUT2D eigenvalue weighted by molar-refractivity contribution is 6.27. The van der Waals surface area contributed by atoms with Crippen LogP contribution in [0.15, 0.2) is 55.8 Å². The molecule has 8 N–H and O–H groups in total. The number of carbonyl (C=O) groups excluding carboxylic acids is 2.